The molecule has 1 fully saturated rings. The molecule has 3 nitrogen and oxygen atoms in total. The second-order valence-corrected chi connectivity index (χ2v) is 6.88. The van der Waals surface area contributed by atoms with Crippen molar-refractivity contribution in [1.29, 1.82) is 0 Å². The van der Waals surface area contributed by atoms with Gasteiger partial charge in [-0.15, -0.1) is 0 Å². The Bertz CT molecular complexity index is 418. The van der Waals surface area contributed by atoms with Crippen LogP contribution in [0.4, 0.5) is 0 Å². The fraction of sp³-hybridized carbons (Fsp3) is 0.733. The molecule has 0 aliphatic heterocycles. The van der Waals surface area contributed by atoms with Crippen LogP contribution < -0.4 is 0 Å². The molecule has 0 aromatic carbocycles. The van der Waals surface area contributed by atoms with E-state index < -0.39 is 5.60 Å². The van der Waals surface area contributed by atoms with Gasteiger partial charge in [0.1, 0.15) is 5.60 Å². The highest BCUT2D eigenvalue weighted by atomic mass is 16.3. The van der Waals surface area contributed by atoms with E-state index in [1.54, 1.807) is 6.20 Å². The number of rotatable bonds is 4. The van der Waals surface area contributed by atoms with Gasteiger partial charge in [0.25, 0.3) is 0 Å². The third kappa shape index (κ3) is 2.89. The summed E-state index contributed by atoms with van der Waals surface area (Å²) in [6, 6.07) is 0. The van der Waals surface area contributed by atoms with E-state index >= 15 is 0 Å². The predicted molar refractivity (Wildman–Crippen MR) is 72.1 cm³/mol. The lowest BCUT2D eigenvalue weighted by Crippen LogP contribution is -2.47. The van der Waals surface area contributed by atoms with Gasteiger partial charge in [-0.2, -0.15) is 0 Å². The SMILES string of the molecule is CC(C)CCc1cncc(C2(O)CC(C)(C)C2)n1. The summed E-state index contributed by atoms with van der Waals surface area (Å²) in [5.74, 6) is 0.668. The van der Waals surface area contributed by atoms with E-state index in [9.17, 15) is 5.11 Å². The Balaban J connectivity index is 2.08. The molecule has 0 radical (unpaired) electrons. The molecular weight excluding hydrogens is 224 g/mol. The number of aromatic nitrogens is 2. The highest BCUT2D eigenvalue weighted by Gasteiger charge is 2.50. The van der Waals surface area contributed by atoms with Gasteiger partial charge in [-0.3, -0.25) is 9.97 Å². The minimum Gasteiger partial charge on any atom is -0.383 e. The molecule has 1 aliphatic carbocycles. The molecule has 0 atom stereocenters. The van der Waals surface area contributed by atoms with Crippen molar-refractivity contribution in [3.8, 4) is 0 Å². The van der Waals surface area contributed by atoms with Gasteiger partial charge in [-0.05, 0) is 37.0 Å². The average molecular weight is 248 g/mol. The molecule has 18 heavy (non-hydrogen) atoms. The Kier molecular flexibility index (Phi) is 3.45. The van der Waals surface area contributed by atoms with Gasteiger partial charge in [-0.1, -0.05) is 27.7 Å². The predicted octanol–water partition coefficient (Wildman–Crippen LogP) is 3.07. The van der Waals surface area contributed by atoms with E-state index in [2.05, 4.69) is 37.7 Å². The molecule has 0 bridgehead atoms. The second-order valence-electron chi connectivity index (χ2n) is 6.88. The molecular formula is C15H24N2O. The molecule has 1 aliphatic rings. The smallest absolute Gasteiger partial charge is 0.109 e. The highest BCUT2D eigenvalue weighted by Crippen LogP contribution is 2.52. The van der Waals surface area contributed by atoms with Gasteiger partial charge < -0.3 is 5.11 Å². The number of aryl methyl sites for hydroxylation is 1. The maximum Gasteiger partial charge on any atom is 0.109 e. The van der Waals surface area contributed by atoms with Crippen LogP contribution in [0.15, 0.2) is 12.4 Å². The van der Waals surface area contributed by atoms with Crippen LogP contribution in [-0.2, 0) is 12.0 Å². The van der Waals surface area contributed by atoms with E-state index in [0.717, 1.165) is 37.1 Å². The van der Waals surface area contributed by atoms with Crippen LogP contribution in [0, 0.1) is 11.3 Å². The first-order valence-electron chi connectivity index (χ1n) is 6.85. The van der Waals surface area contributed by atoms with Gasteiger partial charge >= 0.3 is 0 Å². The van der Waals surface area contributed by atoms with Gasteiger partial charge in [0.05, 0.1) is 17.6 Å². The summed E-state index contributed by atoms with van der Waals surface area (Å²) >= 11 is 0. The highest BCUT2D eigenvalue weighted by molar-refractivity contribution is 5.18. The topological polar surface area (TPSA) is 46.0 Å². The average Bonchev–Trinajstić information content (AvgIpc) is 2.24. The van der Waals surface area contributed by atoms with Crippen LogP contribution in [0.2, 0.25) is 0 Å². The monoisotopic (exact) mass is 248 g/mol. The standard InChI is InChI=1S/C15H24N2O/c1-11(2)5-6-12-7-16-8-13(17-12)15(18)9-14(3,4)10-15/h7-8,11,18H,5-6,9-10H2,1-4H3. The van der Waals surface area contributed by atoms with Crippen molar-refractivity contribution in [1.82, 2.24) is 9.97 Å². The van der Waals surface area contributed by atoms with Gasteiger partial charge in [0, 0.05) is 6.20 Å². The number of hydrogen-bond acceptors (Lipinski definition) is 3. The van der Waals surface area contributed by atoms with Crippen LogP contribution in [-0.4, -0.2) is 15.1 Å². The van der Waals surface area contributed by atoms with Crippen LogP contribution in [0.25, 0.3) is 0 Å². The molecule has 1 N–H and O–H groups in total. The third-order valence-corrected chi connectivity index (χ3v) is 3.68. The van der Waals surface area contributed by atoms with E-state index in [0.29, 0.717) is 5.92 Å². The normalized spacial score (nSPS) is 20.8. The summed E-state index contributed by atoms with van der Waals surface area (Å²) in [6.45, 7) is 8.77. The summed E-state index contributed by atoms with van der Waals surface area (Å²) in [5.41, 5.74) is 1.23. The lowest BCUT2D eigenvalue weighted by atomic mass is 9.60. The first-order chi connectivity index (χ1) is 8.31. The Hall–Kier alpha value is -0.960. The number of aliphatic hydroxyl groups is 1. The molecule has 0 saturated heterocycles. The molecule has 1 heterocycles. The minimum absolute atomic E-state index is 0.227. The maximum atomic E-state index is 10.5. The van der Waals surface area contributed by atoms with Crippen LogP contribution in [0.5, 0.6) is 0 Å². The van der Waals surface area contributed by atoms with E-state index in [1.165, 1.54) is 0 Å². The van der Waals surface area contributed by atoms with E-state index in [1.807, 2.05) is 6.20 Å². The van der Waals surface area contributed by atoms with E-state index in [-0.39, 0.29) is 5.41 Å². The zero-order valence-electron chi connectivity index (χ0n) is 11.9. The van der Waals surface area contributed by atoms with Gasteiger partial charge in [-0.25, -0.2) is 0 Å². The molecule has 3 heteroatoms. The molecule has 0 unspecified atom stereocenters. The van der Waals surface area contributed by atoms with Gasteiger partial charge in [0.15, 0.2) is 0 Å². The fourth-order valence-corrected chi connectivity index (χ4v) is 2.90. The minimum atomic E-state index is -0.746. The Labute approximate surface area is 110 Å². The van der Waals surface area contributed by atoms with Crippen molar-refractivity contribution in [2.75, 3.05) is 0 Å². The van der Waals surface area contributed by atoms with Crippen LogP contribution in [0.1, 0.15) is 58.3 Å². The lowest BCUT2D eigenvalue weighted by molar-refractivity contribution is -0.122. The molecule has 1 aromatic rings. The lowest BCUT2D eigenvalue weighted by Gasteiger charge is -2.49. The van der Waals surface area contributed by atoms with Crippen molar-refractivity contribution in [2.45, 2.75) is 59.0 Å². The fourth-order valence-electron chi connectivity index (χ4n) is 2.90. The quantitative estimate of drug-likeness (QED) is 0.890. The second kappa shape index (κ2) is 4.61. The molecule has 2 rings (SSSR count). The van der Waals surface area contributed by atoms with Crippen LogP contribution >= 0.6 is 0 Å². The molecule has 100 valence electrons. The van der Waals surface area contributed by atoms with Crippen molar-refractivity contribution in [2.24, 2.45) is 11.3 Å². The summed E-state index contributed by atoms with van der Waals surface area (Å²) in [4.78, 5) is 8.83. The molecule has 1 saturated carbocycles. The molecule has 1 aromatic heterocycles. The Morgan fingerprint density at radius 3 is 2.50 bits per heavy atom. The Morgan fingerprint density at radius 2 is 1.94 bits per heavy atom. The zero-order chi connectivity index (χ0) is 13.4. The third-order valence-electron chi connectivity index (χ3n) is 3.68. The summed E-state index contributed by atoms with van der Waals surface area (Å²) in [7, 11) is 0. The first-order valence-corrected chi connectivity index (χ1v) is 6.85. The van der Waals surface area contributed by atoms with Crippen molar-refractivity contribution in [3.05, 3.63) is 23.8 Å². The zero-order valence-corrected chi connectivity index (χ0v) is 11.9. The van der Waals surface area contributed by atoms with E-state index in [4.69, 9.17) is 0 Å². The van der Waals surface area contributed by atoms with Crippen LogP contribution in [0.3, 0.4) is 0 Å². The summed E-state index contributed by atoms with van der Waals surface area (Å²) in [5, 5.41) is 10.5. The molecule has 0 amide bonds. The number of nitrogens with zero attached hydrogens (tertiary/aromatic N) is 2. The van der Waals surface area contributed by atoms with Crippen molar-refractivity contribution < 1.29 is 5.11 Å². The largest absolute Gasteiger partial charge is 0.383 e. The van der Waals surface area contributed by atoms with Crippen molar-refractivity contribution in [3.63, 3.8) is 0 Å². The van der Waals surface area contributed by atoms with Gasteiger partial charge in [0.2, 0.25) is 0 Å². The maximum absolute atomic E-state index is 10.5. The molecule has 0 spiro atoms. The first kappa shape index (κ1) is 13.5. The summed E-state index contributed by atoms with van der Waals surface area (Å²) < 4.78 is 0. The number of hydrogen-bond donors (Lipinski definition) is 1. The van der Waals surface area contributed by atoms with Crippen molar-refractivity contribution >= 4 is 0 Å². The Morgan fingerprint density at radius 1 is 1.28 bits per heavy atom. The summed E-state index contributed by atoms with van der Waals surface area (Å²) in [6.07, 6.45) is 7.15.